The van der Waals surface area contributed by atoms with Crippen LogP contribution in [0, 0.1) is 5.92 Å². The molecule has 2 N–H and O–H groups in total. The smallest absolute Gasteiger partial charge is 0.329 e. The summed E-state index contributed by atoms with van der Waals surface area (Å²) < 4.78 is 1.08. The first-order valence-corrected chi connectivity index (χ1v) is 5.45. The number of carboxylic acids is 1. The zero-order valence-electron chi connectivity index (χ0n) is 10.1. The molecule has 1 aromatic heterocycles. The van der Waals surface area contributed by atoms with Crippen LogP contribution in [0.3, 0.4) is 0 Å². The van der Waals surface area contributed by atoms with Crippen molar-refractivity contribution in [1.82, 2.24) is 9.55 Å². The number of H-pyrrole nitrogens is 1. The number of aromatic nitrogens is 2. The molecule has 0 saturated heterocycles. The van der Waals surface area contributed by atoms with Crippen molar-refractivity contribution in [2.24, 2.45) is 5.92 Å². The van der Waals surface area contributed by atoms with Gasteiger partial charge in [0.15, 0.2) is 0 Å². The minimum atomic E-state index is -1.09. The summed E-state index contributed by atoms with van der Waals surface area (Å²) >= 11 is 0. The first-order valence-electron chi connectivity index (χ1n) is 5.45. The van der Waals surface area contributed by atoms with Crippen molar-refractivity contribution in [3.63, 3.8) is 0 Å². The molecule has 0 fully saturated rings. The van der Waals surface area contributed by atoms with E-state index >= 15 is 0 Å². The van der Waals surface area contributed by atoms with Crippen LogP contribution >= 0.6 is 0 Å². The lowest BCUT2D eigenvalue weighted by Gasteiger charge is -2.19. The highest BCUT2D eigenvalue weighted by molar-refractivity contribution is 5.72. The molecule has 1 aromatic rings. The van der Waals surface area contributed by atoms with E-state index in [2.05, 4.69) is 4.98 Å². The van der Waals surface area contributed by atoms with Crippen molar-refractivity contribution >= 4 is 5.97 Å². The third-order valence-corrected chi connectivity index (χ3v) is 2.61. The molecule has 0 saturated carbocycles. The van der Waals surface area contributed by atoms with Crippen LogP contribution in [-0.4, -0.2) is 20.6 Å². The van der Waals surface area contributed by atoms with Crippen LogP contribution in [-0.2, 0) is 11.2 Å². The highest BCUT2D eigenvalue weighted by Crippen LogP contribution is 2.15. The molecule has 0 aromatic carbocycles. The van der Waals surface area contributed by atoms with E-state index in [1.807, 2.05) is 0 Å². The largest absolute Gasteiger partial charge is 0.480 e. The molecule has 1 unspecified atom stereocenters. The molecule has 1 rings (SSSR count). The SMILES string of the molecule is CCc1cn(C(C(=O)O)C(C)C)c(=O)[nH]c1=O. The third kappa shape index (κ3) is 2.64. The lowest BCUT2D eigenvalue weighted by atomic mass is 10.0. The molecule has 6 nitrogen and oxygen atoms in total. The van der Waals surface area contributed by atoms with Crippen molar-refractivity contribution in [1.29, 1.82) is 0 Å². The molecule has 0 radical (unpaired) electrons. The second kappa shape index (κ2) is 4.99. The van der Waals surface area contributed by atoms with Crippen molar-refractivity contribution < 1.29 is 9.90 Å². The van der Waals surface area contributed by atoms with Gasteiger partial charge < -0.3 is 5.11 Å². The number of aromatic amines is 1. The van der Waals surface area contributed by atoms with Crippen molar-refractivity contribution in [2.45, 2.75) is 33.2 Å². The Kier molecular flexibility index (Phi) is 3.88. The lowest BCUT2D eigenvalue weighted by molar-refractivity contribution is -0.142. The number of nitrogens with one attached hydrogen (secondary N) is 1. The number of hydrogen-bond donors (Lipinski definition) is 2. The van der Waals surface area contributed by atoms with E-state index in [9.17, 15) is 14.4 Å². The topological polar surface area (TPSA) is 92.2 Å². The monoisotopic (exact) mass is 240 g/mol. The molecule has 0 amide bonds. The Hall–Kier alpha value is -1.85. The van der Waals surface area contributed by atoms with Gasteiger partial charge in [-0.25, -0.2) is 9.59 Å². The number of hydrogen-bond acceptors (Lipinski definition) is 3. The lowest BCUT2D eigenvalue weighted by Crippen LogP contribution is -2.38. The Labute approximate surface area is 97.9 Å². The highest BCUT2D eigenvalue weighted by Gasteiger charge is 2.25. The number of aliphatic carboxylic acids is 1. The summed E-state index contributed by atoms with van der Waals surface area (Å²) in [4.78, 5) is 36.2. The van der Waals surface area contributed by atoms with Crippen LogP contribution in [0.2, 0.25) is 0 Å². The predicted octanol–water partition coefficient (Wildman–Crippen LogP) is 0.381. The first-order chi connectivity index (χ1) is 7.88. The van der Waals surface area contributed by atoms with Gasteiger partial charge in [0.05, 0.1) is 0 Å². The Morgan fingerprint density at radius 3 is 2.47 bits per heavy atom. The maximum Gasteiger partial charge on any atom is 0.329 e. The summed E-state index contributed by atoms with van der Waals surface area (Å²) in [6, 6.07) is -0.968. The highest BCUT2D eigenvalue weighted by atomic mass is 16.4. The number of rotatable bonds is 4. The fourth-order valence-electron chi connectivity index (χ4n) is 1.71. The molecule has 17 heavy (non-hydrogen) atoms. The second-order valence-corrected chi connectivity index (χ2v) is 4.20. The van der Waals surface area contributed by atoms with Crippen LogP contribution in [0.15, 0.2) is 15.8 Å². The Morgan fingerprint density at radius 2 is 2.06 bits per heavy atom. The summed E-state index contributed by atoms with van der Waals surface area (Å²) in [6.07, 6.45) is 1.78. The fourth-order valence-corrected chi connectivity index (χ4v) is 1.71. The number of carbonyl (C=O) groups is 1. The average Bonchev–Trinajstić information content (AvgIpc) is 2.20. The maximum atomic E-state index is 11.6. The minimum absolute atomic E-state index is 0.249. The molecular formula is C11H16N2O4. The molecule has 6 heteroatoms. The second-order valence-electron chi connectivity index (χ2n) is 4.20. The van der Waals surface area contributed by atoms with Gasteiger partial charge in [-0.1, -0.05) is 20.8 Å². The summed E-state index contributed by atoms with van der Waals surface area (Å²) in [6.45, 7) is 5.19. The molecule has 0 aliphatic carbocycles. The molecule has 0 spiro atoms. The van der Waals surface area contributed by atoms with E-state index < -0.39 is 23.3 Å². The van der Waals surface area contributed by atoms with Gasteiger partial charge in [0.2, 0.25) is 0 Å². The standard InChI is InChI=1S/C11H16N2O4/c1-4-7-5-13(11(17)12-9(7)14)8(6(2)3)10(15)16/h5-6,8H,4H2,1-3H3,(H,15,16)(H,12,14,17). The van der Waals surface area contributed by atoms with Gasteiger partial charge in [0.1, 0.15) is 6.04 Å². The zero-order valence-corrected chi connectivity index (χ0v) is 10.1. The summed E-state index contributed by atoms with van der Waals surface area (Å²) in [5, 5.41) is 9.10. The van der Waals surface area contributed by atoms with Crippen LogP contribution in [0.4, 0.5) is 0 Å². The Morgan fingerprint density at radius 1 is 1.47 bits per heavy atom. The number of nitrogens with zero attached hydrogens (tertiary/aromatic N) is 1. The van der Waals surface area contributed by atoms with E-state index in [-0.39, 0.29) is 5.92 Å². The maximum absolute atomic E-state index is 11.6. The van der Waals surface area contributed by atoms with Gasteiger partial charge in [-0.15, -0.1) is 0 Å². The van der Waals surface area contributed by atoms with E-state index in [4.69, 9.17) is 5.11 Å². The van der Waals surface area contributed by atoms with Crippen molar-refractivity contribution in [2.75, 3.05) is 0 Å². The van der Waals surface area contributed by atoms with Gasteiger partial charge in [-0.3, -0.25) is 14.3 Å². The average molecular weight is 240 g/mol. The Balaban J connectivity index is 3.44. The molecule has 0 aliphatic rings. The quantitative estimate of drug-likeness (QED) is 0.795. The molecule has 1 heterocycles. The van der Waals surface area contributed by atoms with Gasteiger partial charge in [-0.05, 0) is 12.3 Å². The van der Waals surface area contributed by atoms with E-state index in [0.29, 0.717) is 12.0 Å². The molecule has 1 atom stereocenters. The normalized spacial score (nSPS) is 12.7. The minimum Gasteiger partial charge on any atom is -0.480 e. The van der Waals surface area contributed by atoms with Gasteiger partial charge in [0.25, 0.3) is 5.56 Å². The van der Waals surface area contributed by atoms with E-state index in [1.54, 1.807) is 20.8 Å². The number of aryl methyl sites for hydroxylation is 1. The predicted molar refractivity (Wildman–Crippen MR) is 62.2 cm³/mol. The van der Waals surface area contributed by atoms with Crippen molar-refractivity contribution in [3.05, 3.63) is 32.6 Å². The van der Waals surface area contributed by atoms with E-state index in [1.165, 1.54) is 6.20 Å². The first kappa shape index (κ1) is 13.2. The molecular weight excluding hydrogens is 224 g/mol. The summed E-state index contributed by atoms with van der Waals surface area (Å²) in [5.41, 5.74) is -0.744. The zero-order chi connectivity index (χ0) is 13.2. The summed E-state index contributed by atoms with van der Waals surface area (Å²) in [7, 11) is 0. The van der Waals surface area contributed by atoms with Gasteiger partial charge >= 0.3 is 11.7 Å². The molecule has 0 aliphatic heterocycles. The van der Waals surface area contributed by atoms with Gasteiger partial charge in [-0.2, -0.15) is 0 Å². The van der Waals surface area contributed by atoms with Crippen LogP contribution < -0.4 is 11.2 Å². The molecule has 94 valence electrons. The van der Waals surface area contributed by atoms with Crippen LogP contribution in [0.1, 0.15) is 32.4 Å². The van der Waals surface area contributed by atoms with E-state index in [0.717, 1.165) is 4.57 Å². The Bertz CT molecular complexity index is 527. The van der Waals surface area contributed by atoms with Gasteiger partial charge in [0, 0.05) is 11.8 Å². The van der Waals surface area contributed by atoms with Crippen molar-refractivity contribution in [3.8, 4) is 0 Å². The molecule has 0 bridgehead atoms. The third-order valence-electron chi connectivity index (χ3n) is 2.61. The van der Waals surface area contributed by atoms with Crippen LogP contribution in [0.25, 0.3) is 0 Å². The van der Waals surface area contributed by atoms with Crippen LogP contribution in [0.5, 0.6) is 0 Å². The summed E-state index contributed by atoms with van der Waals surface area (Å²) in [5.74, 6) is -1.34. The number of carboxylic acid groups (broad SMARTS) is 1. The fraction of sp³-hybridized carbons (Fsp3) is 0.545.